The van der Waals surface area contributed by atoms with Crippen molar-refractivity contribution in [2.75, 3.05) is 0 Å². The number of hydrogen-bond acceptors (Lipinski definition) is 2. The van der Waals surface area contributed by atoms with E-state index in [-0.39, 0.29) is 17.7 Å². The van der Waals surface area contributed by atoms with Gasteiger partial charge in [0.05, 0.1) is 0 Å². The summed E-state index contributed by atoms with van der Waals surface area (Å²) in [5, 5.41) is 8.62. The maximum atomic E-state index is 11.4. The Morgan fingerprint density at radius 2 is 2.27 bits per heavy atom. The van der Waals surface area contributed by atoms with E-state index in [0.717, 1.165) is 5.56 Å². The number of rotatable bonds is 3. The normalized spacial score (nSPS) is 11.5. The molecule has 0 radical (unpaired) electrons. The molecular weight excluding hydrogens is 194 g/mol. The van der Waals surface area contributed by atoms with Crippen molar-refractivity contribution in [3.05, 3.63) is 45.9 Å². The molecule has 0 saturated carbocycles. The number of carboxylic acids is 1. The van der Waals surface area contributed by atoms with E-state index in [1.165, 1.54) is 23.6 Å². The molecule has 4 heteroatoms. The lowest BCUT2D eigenvalue weighted by Crippen LogP contribution is -2.18. The zero-order valence-electron chi connectivity index (χ0n) is 8.73. The number of aliphatic carboxylic acids is 1. The number of carbonyl (C=O) groups is 1. The van der Waals surface area contributed by atoms with Gasteiger partial charge in [0, 0.05) is 24.4 Å². The molecule has 0 spiro atoms. The van der Waals surface area contributed by atoms with E-state index in [1.807, 2.05) is 13.0 Å². The number of aryl methyl sites for hydroxylation is 1. The van der Waals surface area contributed by atoms with Crippen LogP contribution in [0.4, 0.5) is 0 Å². The van der Waals surface area contributed by atoms with E-state index in [0.29, 0.717) is 0 Å². The Hall–Kier alpha value is -1.84. The molecule has 1 aromatic rings. The Balaban J connectivity index is 2.87. The summed E-state index contributed by atoms with van der Waals surface area (Å²) in [6.45, 7) is 3.63. The third kappa shape index (κ3) is 3.09. The molecule has 1 rings (SSSR count). The van der Waals surface area contributed by atoms with E-state index in [4.69, 9.17) is 5.11 Å². The van der Waals surface area contributed by atoms with E-state index < -0.39 is 5.97 Å². The molecule has 0 aliphatic heterocycles. The van der Waals surface area contributed by atoms with Crippen molar-refractivity contribution in [3.8, 4) is 0 Å². The van der Waals surface area contributed by atoms with Crippen molar-refractivity contribution >= 4 is 5.97 Å². The minimum absolute atomic E-state index is 0.121. The molecule has 0 unspecified atom stereocenters. The number of aromatic nitrogens is 1. The summed E-state index contributed by atoms with van der Waals surface area (Å²) in [5.74, 6) is -0.963. The quantitative estimate of drug-likeness (QED) is 0.757. The van der Waals surface area contributed by atoms with Crippen molar-refractivity contribution in [3.63, 3.8) is 0 Å². The van der Waals surface area contributed by atoms with Crippen LogP contribution in [0.2, 0.25) is 0 Å². The minimum Gasteiger partial charge on any atom is -0.478 e. The first-order chi connectivity index (χ1) is 7.00. The Labute approximate surface area is 87.5 Å². The predicted molar refractivity (Wildman–Crippen MR) is 56.8 cm³/mol. The fourth-order valence-corrected chi connectivity index (χ4v) is 1.08. The second-order valence-corrected chi connectivity index (χ2v) is 3.39. The molecule has 4 nitrogen and oxygen atoms in total. The van der Waals surface area contributed by atoms with Crippen molar-refractivity contribution in [2.45, 2.75) is 20.4 Å². The highest BCUT2D eigenvalue weighted by molar-refractivity contribution is 5.85. The van der Waals surface area contributed by atoms with Gasteiger partial charge in [-0.15, -0.1) is 0 Å². The van der Waals surface area contributed by atoms with Crippen molar-refractivity contribution in [1.82, 2.24) is 4.57 Å². The van der Waals surface area contributed by atoms with Gasteiger partial charge in [-0.1, -0.05) is 6.08 Å². The first kappa shape index (κ1) is 11.2. The highest BCUT2D eigenvalue weighted by atomic mass is 16.4. The van der Waals surface area contributed by atoms with E-state index in [9.17, 15) is 9.59 Å². The van der Waals surface area contributed by atoms with Crippen LogP contribution in [-0.2, 0) is 11.3 Å². The Bertz CT molecular complexity index is 457. The van der Waals surface area contributed by atoms with Crippen LogP contribution in [0.15, 0.2) is 34.8 Å². The molecule has 0 aliphatic carbocycles. The van der Waals surface area contributed by atoms with Crippen LogP contribution in [0, 0.1) is 6.92 Å². The Kier molecular flexibility index (Phi) is 3.44. The summed E-state index contributed by atoms with van der Waals surface area (Å²) in [5.41, 5.74) is 1.02. The van der Waals surface area contributed by atoms with Crippen LogP contribution in [-0.4, -0.2) is 15.6 Å². The molecular formula is C11H13NO3. The van der Waals surface area contributed by atoms with Gasteiger partial charge in [-0.25, -0.2) is 4.79 Å². The van der Waals surface area contributed by atoms with Crippen LogP contribution in [0.3, 0.4) is 0 Å². The minimum atomic E-state index is -0.963. The summed E-state index contributed by atoms with van der Waals surface area (Å²) < 4.78 is 1.46. The summed E-state index contributed by atoms with van der Waals surface area (Å²) in [6, 6.07) is 3.33. The number of carboxylic acid groups (broad SMARTS) is 1. The maximum absolute atomic E-state index is 11.4. The zero-order chi connectivity index (χ0) is 11.4. The average Bonchev–Trinajstić information content (AvgIpc) is 2.15. The Morgan fingerprint density at radius 3 is 2.80 bits per heavy atom. The van der Waals surface area contributed by atoms with Gasteiger partial charge in [0.15, 0.2) is 0 Å². The summed E-state index contributed by atoms with van der Waals surface area (Å²) in [6.07, 6.45) is 3.17. The molecule has 80 valence electrons. The van der Waals surface area contributed by atoms with Gasteiger partial charge < -0.3 is 9.67 Å². The van der Waals surface area contributed by atoms with Gasteiger partial charge in [-0.3, -0.25) is 4.79 Å². The third-order valence-electron chi connectivity index (χ3n) is 2.08. The molecule has 1 aromatic heterocycles. The molecule has 0 fully saturated rings. The third-order valence-corrected chi connectivity index (χ3v) is 2.08. The van der Waals surface area contributed by atoms with Gasteiger partial charge in [0.2, 0.25) is 0 Å². The SMILES string of the molecule is C/C(=C/Cn1ccc(C)cc1=O)C(=O)O. The van der Waals surface area contributed by atoms with Gasteiger partial charge in [-0.2, -0.15) is 0 Å². The van der Waals surface area contributed by atoms with E-state index >= 15 is 0 Å². The molecule has 0 bridgehead atoms. The van der Waals surface area contributed by atoms with Gasteiger partial charge in [-0.05, 0) is 25.5 Å². The summed E-state index contributed by atoms with van der Waals surface area (Å²) in [4.78, 5) is 21.9. The van der Waals surface area contributed by atoms with Crippen LogP contribution < -0.4 is 5.56 Å². The number of nitrogens with zero attached hydrogens (tertiary/aromatic N) is 1. The maximum Gasteiger partial charge on any atom is 0.331 e. The lowest BCUT2D eigenvalue weighted by atomic mass is 10.2. The van der Waals surface area contributed by atoms with Crippen molar-refractivity contribution < 1.29 is 9.90 Å². The highest BCUT2D eigenvalue weighted by Gasteiger charge is 1.99. The topological polar surface area (TPSA) is 59.3 Å². The van der Waals surface area contributed by atoms with Gasteiger partial charge in [0.25, 0.3) is 5.56 Å². The molecule has 0 aliphatic rings. The van der Waals surface area contributed by atoms with Crippen molar-refractivity contribution in [2.24, 2.45) is 0 Å². The number of hydrogen-bond donors (Lipinski definition) is 1. The molecule has 1 N–H and O–H groups in total. The lowest BCUT2D eigenvalue weighted by Gasteiger charge is -2.02. The standard InChI is InChI=1S/C11H13NO3/c1-8-3-5-12(10(13)7-8)6-4-9(2)11(14)15/h3-5,7H,6H2,1-2H3,(H,14,15)/b9-4-. The molecule has 0 atom stereocenters. The highest BCUT2D eigenvalue weighted by Crippen LogP contribution is 1.95. The van der Waals surface area contributed by atoms with Crippen LogP contribution in [0.25, 0.3) is 0 Å². The van der Waals surface area contributed by atoms with Crippen LogP contribution in [0.1, 0.15) is 12.5 Å². The van der Waals surface area contributed by atoms with Gasteiger partial charge in [0.1, 0.15) is 0 Å². The average molecular weight is 207 g/mol. The number of pyridine rings is 1. The molecule has 0 aromatic carbocycles. The van der Waals surface area contributed by atoms with E-state index in [1.54, 1.807) is 6.20 Å². The molecule has 15 heavy (non-hydrogen) atoms. The predicted octanol–water partition coefficient (Wildman–Crippen LogP) is 1.19. The largest absolute Gasteiger partial charge is 0.478 e. The Morgan fingerprint density at radius 1 is 1.60 bits per heavy atom. The van der Waals surface area contributed by atoms with Crippen molar-refractivity contribution in [1.29, 1.82) is 0 Å². The summed E-state index contributed by atoms with van der Waals surface area (Å²) >= 11 is 0. The first-order valence-electron chi connectivity index (χ1n) is 4.58. The summed E-state index contributed by atoms with van der Waals surface area (Å²) in [7, 11) is 0. The lowest BCUT2D eigenvalue weighted by molar-refractivity contribution is -0.132. The molecule has 1 heterocycles. The second kappa shape index (κ2) is 4.59. The smallest absolute Gasteiger partial charge is 0.331 e. The van der Waals surface area contributed by atoms with Crippen LogP contribution >= 0.6 is 0 Å². The van der Waals surface area contributed by atoms with Gasteiger partial charge >= 0.3 is 5.97 Å². The fraction of sp³-hybridized carbons (Fsp3) is 0.273. The van der Waals surface area contributed by atoms with E-state index in [2.05, 4.69) is 0 Å². The second-order valence-electron chi connectivity index (χ2n) is 3.39. The number of allylic oxidation sites excluding steroid dienone is 1. The molecule has 0 saturated heterocycles. The van der Waals surface area contributed by atoms with Crippen LogP contribution in [0.5, 0.6) is 0 Å². The first-order valence-corrected chi connectivity index (χ1v) is 4.58. The zero-order valence-corrected chi connectivity index (χ0v) is 8.73. The fourth-order valence-electron chi connectivity index (χ4n) is 1.08. The molecule has 0 amide bonds. The monoisotopic (exact) mass is 207 g/mol.